The molecule has 0 saturated carbocycles. The summed E-state index contributed by atoms with van der Waals surface area (Å²) in [5.41, 5.74) is 0. The summed E-state index contributed by atoms with van der Waals surface area (Å²) in [6.07, 6.45) is 0. The van der Waals surface area contributed by atoms with Gasteiger partial charge >= 0.3 is 0 Å². The Kier molecular flexibility index (Phi) is 2.35. The van der Waals surface area contributed by atoms with Gasteiger partial charge in [0.1, 0.15) is 0 Å². The van der Waals surface area contributed by atoms with Crippen LogP contribution >= 0.6 is 24.4 Å². The Labute approximate surface area is 74.3 Å². The number of H-pyrrole nitrogens is 1. The van der Waals surface area contributed by atoms with Crippen molar-refractivity contribution < 1.29 is 0 Å². The predicted octanol–water partition coefficient (Wildman–Crippen LogP) is 1.25. The molecule has 1 rings (SSSR count). The molecule has 1 aromatic rings. The summed E-state index contributed by atoms with van der Waals surface area (Å²) >= 11 is 9.88. The molecule has 0 atom stereocenters. The van der Waals surface area contributed by atoms with Crippen LogP contribution in [0.2, 0.25) is 0 Å². The summed E-state index contributed by atoms with van der Waals surface area (Å²) in [4.78, 5) is 6.85. The third-order valence-electron chi connectivity index (χ3n) is 1.26. The van der Waals surface area contributed by atoms with E-state index in [9.17, 15) is 0 Å². The average Bonchev–Trinajstić information content (AvgIpc) is 1.99. The van der Waals surface area contributed by atoms with Crippen LogP contribution in [0.1, 0.15) is 0 Å². The Balaban J connectivity index is 3.45. The van der Waals surface area contributed by atoms with Gasteiger partial charge in [-0.05, 0) is 24.4 Å². The number of rotatable bonds is 1. The van der Waals surface area contributed by atoms with Crippen molar-refractivity contribution in [2.24, 2.45) is 7.05 Å². The highest BCUT2D eigenvalue weighted by Crippen LogP contribution is 1.95. The molecule has 1 aromatic heterocycles. The van der Waals surface area contributed by atoms with Crippen molar-refractivity contribution in [3.05, 3.63) is 9.54 Å². The van der Waals surface area contributed by atoms with Crippen LogP contribution in [0.4, 0.5) is 5.95 Å². The third-order valence-corrected chi connectivity index (χ3v) is 2.00. The molecule has 11 heavy (non-hydrogen) atoms. The number of aromatic amines is 1. The molecule has 0 fully saturated rings. The van der Waals surface area contributed by atoms with Crippen molar-refractivity contribution in [1.82, 2.24) is 14.5 Å². The van der Waals surface area contributed by atoms with E-state index in [-0.39, 0.29) is 0 Å². The number of nitrogens with one attached hydrogen (secondary N) is 2. The van der Waals surface area contributed by atoms with Crippen LogP contribution in [0, 0.1) is 9.54 Å². The third kappa shape index (κ3) is 1.63. The van der Waals surface area contributed by atoms with Gasteiger partial charge in [0.2, 0.25) is 10.7 Å². The van der Waals surface area contributed by atoms with Crippen LogP contribution in [0.3, 0.4) is 0 Å². The first kappa shape index (κ1) is 8.35. The topological polar surface area (TPSA) is 45.6 Å². The van der Waals surface area contributed by atoms with Crippen molar-refractivity contribution in [3.63, 3.8) is 0 Å². The van der Waals surface area contributed by atoms with Crippen LogP contribution in [0.25, 0.3) is 0 Å². The van der Waals surface area contributed by atoms with Gasteiger partial charge in [-0.15, -0.1) is 0 Å². The summed E-state index contributed by atoms with van der Waals surface area (Å²) in [6.45, 7) is 0. The highest BCUT2D eigenvalue weighted by molar-refractivity contribution is 7.71. The van der Waals surface area contributed by atoms with Gasteiger partial charge in [-0.2, -0.15) is 4.98 Å². The van der Waals surface area contributed by atoms with Gasteiger partial charge in [-0.1, -0.05) is 0 Å². The molecule has 0 amide bonds. The fraction of sp³-hybridized carbons (Fsp3) is 0.400. The van der Waals surface area contributed by atoms with Crippen LogP contribution < -0.4 is 5.32 Å². The minimum Gasteiger partial charge on any atom is -0.359 e. The lowest BCUT2D eigenvalue weighted by Crippen LogP contribution is -2.04. The maximum absolute atomic E-state index is 4.96. The molecule has 0 bridgehead atoms. The minimum atomic E-state index is 0.470. The molecule has 6 heteroatoms. The summed E-state index contributed by atoms with van der Waals surface area (Å²) in [5, 5.41) is 2.82. The lowest BCUT2D eigenvalue weighted by atomic mass is 10.9. The molecule has 2 N–H and O–H groups in total. The van der Waals surface area contributed by atoms with E-state index in [0.717, 1.165) is 0 Å². The zero-order valence-corrected chi connectivity index (χ0v) is 7.84. The zero-order chi connectivity index (χ0) is 8.43. The summed E-state index contributed by atoms with van der Waals surface area (Å²) in [5.74, 6) is 0.595. The maximum atomic E-state index is 4.96. The van der Waals surface area contributed by atoms with Crippen LogP contribution in [-0.4, -0.2) is 21.6 Å². The first-order valence-corrected chi connectivity index (χ1v) is 3.82. The molecular formula is C5H8N4S2. The second-order valence-corrected chi connectivity index (χ2v) is 2.73. The molecule has 0 aliphatic rings. The highest BCUT2D eigenvalue weighted by Gasteiger charge is 1.92. The van der Waals surface area contributed by atoms with Gasteiger partial charge < -0.3 is 10.3 Å². The second kappa shape index (κ2) is 3.10. The van der Waals surface area contributed by atoms with Crippen molar-refractivity contribution in [1.29, 1.82) is 0 Å². The molecule has 60 valence electrons. The molecule has 0 aliphatic carbocycles. The van der Waals surface area contributed by atoms with Gasteiger partial charge in [-0.3, -0.25) is 4.57 Å². The first-order chi connectivity index (χ1) is 5.15. The monoisotopic (exact) mass is 188 g/mol. The zero-order valence-electron chi connectivity index (χ0n) is 6.21. The lowest BCUT2D eigenvalue weighted by Gasteiger charge is -2.01. The second-order valence-electron chi connectivity index (χ2n) is 1.98. The van der Waals surface area contributed by atoms with Gasteiger partial charge in [0.05, 0.1) is 0 Å². The van der Waals surface area contributed by atoms with E-state index in [2.05, 4.69) is 15.3 Å². The smallest absolute Gasteiger partial charge is 0.204 e. The fourth-order valence-corrected chi connectivity index (χ4v) is 1.01. The van der Waals surface area contributed by atoms with E-state index in [4.69, 9.17) is 24.4 Å². The molecule has 1 heterocycles. The summed E-state index contributed by atoms with van der Waals surface area (Å²) in [7, 11) is 3.52. The molecule has 0 unspecified atom stereocenters. The largest absolute Gasteiger partial charge is 0.359 e. The minimum absolute atomic E-state index is 0.470. The molecule has 0 aromatic carbocycles. The molecule has 0 radical (unpaired) electrons. The van der Waals surface area contributed by atoms with Crippen molar-refractivity contribution in [3.8, 4) is 0 Å². The van der Waals surface area contributed by atoms with E-state index in [1.807, 2.05) is 0 Å². The van der Waals surface area contributed by atoms with Crippen molar-refractivity contribution in [2.75, 3.05) is 12.4 Å². The lowest BCUT2D eigenvalue weighted by molar-refractivity contribution is 0.786. The Hall–Kier alpha value is -0.750. The molecule has 0 saturated heterocycles. The predicted molar refractivity (Wildman–Crippen MR) is 48.8 cm³/mol. The van der Waals surface area contributed by atoms with Crippen LogP contribution in [0.5, 0.6) is 0 Å². The molecular weight excluding hydrogens is 180 g/mol. The Morgan fingerprint density at radius 2 is 2.18 bits per heavy atom. The highest BCUT2D eigenvalue weighted by atomic mass is 32.1. The van der Waals surface area contributed by atoms with Gasteiger partial charge in [0, 0.05) is 14.1 Å². The summed E-state index contributed by atoms with van der Waals surface area (Å²) < 4.78 is 2.67. The van der Waals surface area contributed by atoms with E-state index in [1.54, 1.807) is 18.7 Å². The van der Waals surface area contributed by atoms with Gasteiger partial charge in [0.25, 0.3) is 0 Å². The van der Waals surface area contributed by atoms with Crippen LogP contribution in [-0.2, 0) is 7.05 Å². The fourth-order valence-electron chi connectivity index (χ4n) is 0.589. The normalized spacial score (nSPS) is 9.64. The van der Waals surface area contributed by atoms with Crippen molar-refractivity contribution in [2.45, 2.75) is 0 Å². The van der Waals surface area contributed by atoms with E-state index >= 15 is 0 Å². The Morgan fingerprint density at radius 3 is 2.64 bits per heavy atom. The quantitative estimate of drug-likeness (QED) is 0.651. The number of aromatic nitrogens is 3. The Bertz CT molecular complexity index is 332. The van der Waals surface area contributed by atoms with E-state index in [1.165, 1.54) is 0 Å². The van der Waals surface area contributed by atoms with Crippen LogP contribution in [0.15, 0.2) is 0 Å². The SMILES string of the molecule is CNc1nc(=S)n(C)c(=S)[nH]1. The average molecular weight is 188 g/mol. The number of hydrogen-bond donors (Lipinski definition) is 2. The standard InChI is InChI=1S/C5H8N4S2/c1-6-3-7-4(10)9(2)5(11)8-3/h1-2H3,(H2,6,7,8,10,11). The van der Waals surface area contributed by atoms with Gasteiger partial charge in [-0.25, -0.2) is 0 Å². The Morgan fingerprint density at radius 1 is 1.55 bits per heavy atom. The van der Waals surface area contributed by atoms with E-state index < -0.39 is 0 Å². The van der Waals surface area contributed by atoms with Crippen molar-refractivity contribution >= 4 is 30.4 Å². The molecule has 4 nitrogen and oxygen atoms in total. The molecule has 0 spiro atoms. The number of nitrogens with zero attached hydrogens (tertiary/aromatic N) is 2. The maximum Gasteiger partial charge on any atom is 0.204 e. The molecule has 0 aliphatic heterocycles. The first-order valence-electron chi connectivity index (χ1n) is 3.00. The van der Waals surface area contributed by atoms with Gasteiger partial charge in [0.15, 0.2) is 4.77 Å². The number of hydrogen-bond acceptors (Lipinski definition) is 4. The van der Waals surface area contributed by atoms with E-state index in [0.29, 0.717) is 15.5 Å². The number of anilines is 1. The summed E-state index contributed by atoms with van der Waals surface area (Å²) in [6, 6.07) is 0.